The summed E-state index contributed by atoms with van der Waals surface area (Å²) in [4.78, 5) is 21.3. The van der Waals surface area contributed by atoms with E-state index >= 15 is 0 Å². The predicted molar refractivity (Wildman–Crippen MR) is 92.2 cm³/mol. The monoisotopic (exact) mass is 351 g/mol. The van der Waals surface area contributed by atoms with Gasteiger partial charge in [0.25, 0.3) is 0 Å². The molecule has 138 valence electrons. The second-order valence-electron chi connectivity index (χ2n) is 7.64. The molecule has 0 spiro atoms. The lowest BCUT2D eigenvalue weighted by atomic mass is 9.85. The van der Waals surface area contributed by atoms with Crippen LogP contribution in [0.15, 0.2) is 18.3 Å². The third kappa shape index (κ3) is 4.35. The molecule has 1 saturated heterocycles. The zero-order valence-electron chi connectivity index (χ0n) is 15.0. The molecule has 3 rings (SSSR count). The molecule has 1 aliphatic carbocycles. The standard InChI is InChI=1S/C19H27F2N3O/c1-23(2)13-16-12-15(7-10-22-16)17-4-3-11-24(17)18(25)14-5-8-19(20,21)9-6-14/h7,10,12,14,17H,3-6,8-9,11,13H2,1-2H3/t17-/m1/s1. The number of hydrogen-bond acceptors (Lipinski definition) is 3. The van der Waals surface area contributed by atoms with E-state index in [2.05, 4.69) is 16.0 Å². The van der Waals surface area contributed by atoms with Gasteiger partial charge in [-0.3, -0.25) is 9.78 Å². The highest BCUT2D eigenvalue weighted by atomic mass is 19.3. The van der Waals surface area contributed by atoms with Gasteiger partial charge < -0.3 is 9.80 Å². The molecule has 0 bridgehead atoms. The Morgan fingerprint density at radius 1 is 1.32 bits per heavy atom. The van der Waals surface area contributed by atoms with Gasteiger partial charge in [0.1, 0.15) is 0 Å². The normalized spacial score (nSPS) is 24.0. The molecule has 0 radical (unpaired) electrons. The van der Waals surface area contributed by atoms with Gasteiger partial charge in [-0.25, -0.2) is 8.78 Å². The van der Waals surface area contributed by atoms with Crippen molar-refractivity contribution in [1.29, 1.82) is 0 Å². The maximum atomic E-state index is 13.4. The van der Waals surface area contributed by atoms with Crippen LogP contribution in [0, 0.1) is 5.92 Å². The van der Waals surface area contributed by atoms with Crippen molar-refractivity contribution < 1.29 is 13.6 Å². The summed E-state index contributed by atoms with van der Waals surface area (Å²) in [5.41, 5.74) is 2.10. The van der Waals surface area contributed by atoms with Crippen LogP contribution in [0.25, 0.3) is 0 Å². The Kier molecular flexibility index (Phi) is 5.37. The third-order valence-corrected chi connectivity index (χ3v) is 5.31. The van der Waals surface area contributed by atoms with Crippen molar-refractivity contribution in [2.75, 3.05) is 20.6 Å². The highest BCUT2D eigenvalue weighted by Gasteiger charge is 2.40. The minimum absolute atomic E-state index is 0.0545. The lowest BCUT2D eigenvalue weighted by Gasteiger charge is -2.33. The van der Waals surface area contributed by atoms with E-state index in [4.69, 9.17) is 0 Å². The summed E-state index contributed by atoms with van der Waals surface area (Å²) in [7, 11) is 4.00. The van der Waals surface area contributed by atoms with Crippen LogP contribution in [-0.2, 0) is 11.3 Å². The Bertz CT molecular complexity index is 610. The molecule has 1 atom stereocenters. The summed E-state index contributed by atoms with van der Waals surface area (Å²) in [5.74, 6) is -2.78. The maximum absolute atomic E-state index is 13.4. The van der Waals surface area contributed by atoms with E-state index in [9.17, 15) is 13.6 Å². The quantitative estimate of drug-likeness (QED) is 0.831. The summed E-state index contributed by atoms with van der Waals surface area (Å²) >= 11 is 0. The van der Waals surface area contributed by atoms with E-state index in [1.165, 1.54) is 0 Å². The van der Waals surface area contributed by atoms with Crippen LogP contribution in [0.3, 0.4) is 0 Å². The number of pyridine rings is 1. The Hall–Kier alpha value is -1.56. The van der Waals surface area contributed by atoms with Crippen LogP contribution < -0.4 is 0 Å². The van der Waals surface area contributed by atoms with Crippen molar-refractivity contribution in [3.8, 4) is 0 Å². The number of hydrogen-bond donors (Lipinski definition) is 0. The van der Waals surface area contributed by atoms with E-state index < -0.39 is 5.92 Å². The zero-order chi connectivity index (χ0) is 18.0. The fourth-order valence-corrected chi connectivity index (χ4v) is 4.01. The molecule has 1 aromatic heterocycles. The minimum Gasteiger partial charge on any atom is -0.335 e. The number of carbonyl (C=O) groups is 1. The molecule has 0 N–H and O–H groups in total. The van der Waals surface area contributed by atoms with Gasteiger partial charge in [-0.1, -0.05) is 0 Å². The molecule has 0 unspecified atom stereocenters. The molecule has 1 amide bonds. The van der Waals surface area contributed by atoms with Gasteiger partial charge in [-0.2, -0.15) is 0 Å². The minimum atomic E-state index is -2.59. The SMILES string of the molecule is CN(C)Cc1cc([C@H]2CCCN2C(=O)C2CCC(F)(F)CC2)ccn1. The second kappa shape index (κ2) is 7.36. The first-order chi connectivity index (χ1) is 11.9. The first-order valence-corrected chi connectivity index (χ1v) is 9.13. The van der Waals surface area contributed by atoms with Crippen LogP contribution in [0.2, 0.25) is 0 Å². The average Bonchev–Trinajstić information content (AvgIpc) is 3.03. The number of likely N-dealkylation sites (tertiary alicyclic amines) is 1. The van der Waals surface area contributed by atoms with Crippen LogP contribution in [0.1, 0.15) is 55.8 Å². The molecule has 25 heavy (non-hydrogen) atoms. The summed E-state index contributed by atoms with van der Waals surface area (Å²) in [6.45, 7) is 1.48. The summed E-state index contributed by atoms with van der Waals surface area (Å²) in [6, 6.07) is 4.11. The van der Waals surface area contributed by atoms with Gasteiger partial charge in [-0.15, -0.1) is 0 Å². The highest BCUT2D eigenvalue weighted by molar-refractivity contribution is 5.79. The maximum Gasteiger partial charge on any atom is 0.248 e. The fourth-order valence-electron chi connectivity index (χ4n) is 4.01. The zero-order valence-corrected chi connectivity index (χ0v) is 15.0. The van der Waals surface area contributed by atoms with E-state index in [1.54, 1.807) is 6.20 Å². The van der Waals surface area contributed by atoms with Crippen molar-refractivity contribution >= 4 is 5.91 Å². The van der Waals surface area contributed by atoms with Crippen molar-refractivity contribution in [3.63, 3.8) is 0 Å². The van der Waals surface area contributed by atoms with Crippen LogP contribution in [0.4, 0.5) is 8.78 Å². The summed E-state index contributed by atoms with van der Waals surface area (Å²) in [6.07, 6.45) is 3.98. The number of halogens is 2. The largest absolute Gasteiger partial charge is 0.335 e. The molecular formula is C19H27F2N3O. The van der Waals surface area contributed by atoms with Gasteiger partial charge in [-0.05, 0) is 57.5 Å². The third-order valence-electron chi connectivity index (χ3n) is 5.31. The molecule has 2 aliphatic rings. The Balaban J connectivity index is 1.71. The van der Waals surface area contributed by atoms with E-state index in [1.807, 2.05) is 25.1 Å². The van der Waals surface area contributed by atoms with E-state index in [0.717, 1.165) is 37.2 Å². The van der Waals surface area contributed by atoms with Crippen molar-refractivity contribution in [2.45, 2.75) is 57.0 Å². The summed E-state index contributed by atoms with van der Waals surface area (Å²) < 4.78 is 26.7. The van der Waals surface area contributed by atoms with Crippen LogP contribution >= 0.6 is 0 Å². The van der Waals surface area contributed by atoms with Crippen molar-refractivity contribution in [3.05, 3.63) is 29.6 Å². The smallest absolute Gasteiger partial charge is 0.248 e. The molecule has 1 aromatic rings. The highest BCUT2D eigenvalue weighted by Crippen LogP contribution is 2.40. The van der Waals surface area contributed by atoms with Gasteiger partial charge in [0, 0.05) is 38.0 Å². The molecule has 4 nitrogen and oxygen atoms in total. The molecule has 2 heterocycles. The number of nitrogens with zero attached hydrogens (tertiary/aromatic N) is 3. The van der Waals surface area contributed by atoms with Crippen LogP contribution in [-0.4, -0.2) is 47.3 Å². The topological polar surface area (TPSA) is 36.4 Å². The number of alkyl halides is 2. The molecule has 1 aliphatic heterocycles. The van der Waals surface area contributed by atoms with E-state index in [0.29, 0.717) is 12.8 Å². The molecule has 1 saturated carbocycles. The molecule has 0 aromatic carbocycles. The molecular weight excluding hydrogens is 324 g/mol. The Morgan fingerprint density at radius 3 is 2.72 bits per heavy atom. The van der Waals surface area contributed by atoms with Crippen LogP contribution in [0.5, 0.6) is 0 Å². The summed E-state index contributed by atoms with van der Waals surface area (Å²) in [5, 5.41) is 0. The van der Waals surface area contributed by atoms with Gasteiger partial charge in [0.05, 0.1) is 11.7 Å². The second-order valence-corrected chi connectivity index (χ2v) is 7.64. The predicted octanol–water partition coefficient (Wildman–Crippen LogP) is 3.63. The average molecular weight is 351 g/mol. The number of rotatable bonds is 4. The Labute approximate surface area is 148 Å². The van der Waals surface area contributed by atoms with Gasteiger partial charge in [0.2, 0.25) is 11.8 Å². The number of amides is 1. The molecule has 2 fully saturated rings. The van der Waals surface area contributed by atoms with Gasteiger partial charge in [0.15, 0.2) is 0 Å². The number of carbonyl (C=O) groups excluding carboxylic acids is 1. The first kappa shape index (κ1) is 18.2. The Morgan fingerprint density at radius 2 is 2.04 bits per heavy atom. The molecule has 6 heteroatoms. The lowest BCUT2D eigenvalue weighted by Crippen LogP contribution is -2.39. The van der Waals surface area contributed by atoms with Crippen molar-refractivity contribution in [2.24, 2.45) is 5.92 Å². The number of aromatic nitrogens is 1. The first-order valence-electron chi connectivity index (χ1n) is 9.13. The lowest BCUT2D eigenvalue weighted by molar-refractivity contribution is -0.140. The fraction of sp³-hybridized carbons (Fsp3) is 0.684. The van der Waals surface area contributed by atoms with E-state index in [-0.39, 0.29) is 30.7 Å². The van der Waals surface area contributed by atoms with Crippen molar-refractivity contribution in [1.82, 2.24) is 14.8 Å². The van der Waals surface area contributed by atoms with Gasteiger partial charge >= 0.3 is 0 Å².